The highest BCUT2D eigenvalue weighted by Gasteiger charge is 2.28. The van der Waals surface area contributed by atoms with Crippen LogP contribution < -0.4 is 25.3 Å². The van der Waals surface area contributed by atoms with E-state index in [2.05, 4.69) is 111 Å². The van der Waals surface area contributed by atoms with Crippen molar-refractivity contribution in [2.45, 2.75) is 38.0 Å². The largest absolute Gasteiger partial charge is 0.392 e. The van der Waals surface area contributed by atoms with Crippen LogP contribution in [0.25, 0.3) is 17.0 Å². The highest BCUT2D eigenvalue weighted by Crippen LogP contribution is 2.38. The lowest BCUT2D eigenvalue weighted by Crippen LogP contribution is -2.48. The Morgan fingerprint density at radius 1 is 1.05 bits per heavy atom. The van der Waals surface area contributed by atoms with E-state index in [1.54, 1.807) is 6.20 Å². The number of hydrogen-bond acceptors (Lipinski definition) is 9. The lowest BCUT2D eigenvalue weighted by atomic mass is 9.96. The van der Waals surface area contributed by atoms with E-state index in [9.17, 15) is 0 Å². The number of piperazine rings is 1. The summed E-state index contributed by atoms with van der Waals surface area (Å²) in [6, 6.07) is 13.2. The van der Waals surface area contributed by atoms with Crippen LogP contribution in [0.5, 0.6) is 0 Å². The third-order valence-corrected chi connectivity index (χ3v) is 11.8. The van der Waals surface area contributed by atoms with E-state index in [0.717, 1.165) is 106 Å². The first-order valence-corrected chi connectivity index (χ1v) is 19.9. The third kappa shape index (κ3) is 8.31. The monoisotopic (exact) mass is 758 g/mol. The van der Waals surface area contributed by atoms with Gasteiger partial charge in [0.25, 0.3) is 0 Å². The number of nitrogens with zero attached hydrogens (tertiary/aromatic N) is 8. The number of hydrogen-bond donors (Lipinski definition) is 2. The third-order valence-electron chi connectivity index (χ3n) is 11.5. The van der Waals surface area contributed by atoms with Crippen molar-refractivity contribution in [3.05, 3.63) is 114 Å². The zero-order valence-electron chi connectivity index (χ0n) is 32.7. The SMILES string of the molecule is C=CCCC1=Cc2cc(Nc3nc(N4CCN(CC5CCN(c6ccc7c(C(C=C)CCC(=C)NC)nn(C)c7c6)C5)CC4)ncc3Cl)ccc2N(C)C1=C. The van der Waals surface area contributed by atoms with Gasteiger partial charge in [-0.15, -0.1) is 13.2 Å². The van der Waals surface area contributed by atoms with Crippen molar-refractivity contribution in [3.8, 4) is 0 Å². The lowest BCUT2D eigenvalue weighted by molar-refractivity contribution is 0.224. The number of allylic oxidation sites excluding steroid dienone is 4. The number of benzene rings is 2. The summed E-state index contributed by atoms with van der Waals surface area (Å²) in [6.45, 7) is 23.3. The summed E-state index contributed by atoms with van der Waals surface area (Å²) in [5.41, 5.74) is 10.0. The van der Waals surface area contributed by atoms with Crippen LogP contribution in [0.1, 0.15) is 49.3 Å². The number of rotatable bonds is 15. The van der Waals surface area contributed by atoms with E-state index in [0.29, 0.717) is 22.7 Å². The fourth-order valence-electron chi connectivity index (χ4n) is 8.17. The van der Waals surface area contributed by atoms with Crippen LogP contribution in [0.15, 0.2) is 98.0 Å². The molecule has 2 atom stereocenters. The molecule has 7 rings (SSSR count). The molecule has 4 aromatic rings. The predicted molar refractivity (Wildman–Crippen MR) is 232 cm³/mol. The molecule has 0 aliphatic carbocycles. The van der Waals surface area contributed by atoms with Gasteiger partial charge in [-0.3, -0.25) is 9.58 Å². The molecule has 2 fully saturated rings. The van der Waals surface area contributed by atoms with Crippen LogP contribution >= 0.6 is 11.6 Å². The minimum Gasteiger partial charge on any atom is -0.392 e. The Morgan fingerprint density at radius 3 is 2.64 bits per heavy atom. The van der Waals surface area contributed by atoms with E-state index >= 15 is 0 Å². The topological polar surface area (TPSA) is 80.6 Å². The maximum absolute atomic E-state index is 6.64. The van der Waals surface area contributed by atoms with Crippen molar-refractivity contribution in [2.24, 2.45) is 13.0 Å². The summed E-state index contributed by atoms with van der Waals surface area (Å²) < 4.78 is 2.03. The van der Waals surface area contributed by atoms with Crippen LogP contribution in [0.2, 0.25) is 5.02 Å². The standard InChI is InChI=1S/C44H55ClN10/c1-8-10-11-34-24-35-25-36(14-17-40(35)51(6)31(34)4)48-43-39(45)27-47-44(49-43)54-22-20-53(21-23-54)28-32-18-19-55(29-32)37-15-16-38-41(26-37)52(7)50-42(38)33(9-2)13-12-30(3)46-5/h8-9,14-17,24-27,32-33,46H,1-4,10-13,18-23,28-29H2,5-7H3,(H,47,48,49). The van der Waals surface area contributed by atoms with E-state index in [1.807, 2.05) is 30.9 Å². The number of aromatic nitrogens is 4. The molecule has 55 heavy (non-hydrogen) atoms. The van der Waals surface area contributed by atoms with Gasteiger partial charge in [-0.2, -0.15) is 10.1 Å². The van der Waals surface area contributed by atoms with Crippen molar-refractivity contribution in [2.75, 3.05) is 79.9 Å². The number of likely N-dealkylation sites (N-methyl/N-ethyl adjacent to an activating group) is 1. The van der Waals surface area contributed by atoms with Crippen LogP contribution in [0.3, 0.4) is 0 Å². The van der Waals surface area contributed by atoms with Crippen molar-refractivity contribution >= 4 is 57.4 Å². The normalized spacial score (nSPS) is 18.0. The van der Waals surface area contributed by atoms with Crippen molar-refractivity contribution in [1.29, 1.82) is 0 Å². The second kappa shape index (κ2) is 16.8. The van der Waals surface area contributed by atoms with Crippen LogP contribution in [-0.2, 0) is 7.05 Å². The lowest BCUT2D eigenvalue weighted by Gasteiger charge is -2.36. The van der Waals surface area contributed by atoms with Gasteiger partial charge >= 0.3 is 0 Å². The summed E-state index contributed by atoms with van der Waals surface area (Å²) in [5, 5.41) is 13.3. The Bertz CT molecular complexity index is 2110. The average molecular weight is 759 g/mol. The summed E-state index contributed by atoms with van der Waals surface area (Å²) in [4.78, 5) is 19.1. The van der Waals surface area contributed by atoms with Crippen molar-refractivity contribution in [1.82, 2.24) is 30.0 Å². The first-order chi connectivity index (χ1) is 26.6. The molecule has 0 amide bonds. The molecule has 288 valence electrons. The number of halogens is 1. The first-order valence-electron chi connectivity index (χ1n) is 19.5. The highest BCUT2D eigenvalue weighted by atomic mass is 35.5. The van der Waals surface area contributed by atoms with Crippen LogP contribution in [-0.4, -0.2) is 84.6 Å². The quantitative estimate of drug-likeness (QED) is 0.116. The summed E-state index contributed by atoms with van der Waals surface area (Å²) in [5.74, 6) is 2.13. The second-order valence-corrected chi connectivity index (χ2v) is 15.5. The molecule has 2 saturated heterocycles. The van der Waals surface area contributed by atoms with Crippen molar-refractivity contribution in [3.63, 3.8) is 0 Å². The first kappa shape index (κ1) is 38.2. The van der Waals surface area contributed by atoms with Gasteiger partial charge in [0.05, 0.1) is 17.4 Å². The minimum atomic E-state index is 0.185. The molecule has 2 aromatic heterocycles. The zero-order valence-corrected chi connectivity index (χ0v) is 33.5. The fourth-order valence-corrected chi connectivity index (χ4v) is 8.31. The van der Waals surface area contributed by atoms with Gasteiger partial charge < -0.3 is 25.3 Å². The maximum atomic E-state index is 6.64. The Hall–Kier alpha value is -5.06. The molecule has 2 aromatic carbocycles. The van der Waals surface area contributed by atoms with Crippen molar-refractivity contribution < 1.29 is 0 Å². The predicted octanol–water partition coefficient (Wildman–Crippen LogP) is 8.50. The van der Waals surface area contributed by atoms with Gasteiger partial charge in [-0.25, -0.2) is 4.98 Å². The van der Waals surface area contributed by atoms with E-state index in [1.165, 1.54) is 28.6 Å². The Labute approximate surface area is 331 Å². The van der Waals surface area contributed by atoms with E-state index < -0.39 is 0 Å². The number of nitrogens with one attached hydrogen (secondary N) is 2. The molecule has 5 heterocycles. The summed E-state index contributed by atoms with van der Waals surface area (Å²) in [6.07, 6.45) is 12.8. The summed E-state index contributed by atoms with van der Waals surface area (Å²) in [7, 11) is 6.03. The maximum Gasteiger partial charge on any atom is 0.227 e. The van der Waals surface area contributed by atoms with Crippen LogP contribution in [0, 0.1) is 5.92 Å². The second-order valence-electron chi connectivity index (χ2n) is 15.1. The van der Waals surface area contributed by atoms with Gasteiger partial charge in [0.1, 0.15) is 5.02 Å². The van der Waals surface area contributed by atoms with E-state index in [4.69, 9.17) is 21.7 Å². The zero-order chi connectivity index (χ0) is 38.6. The van der Waals surface area contributed by atoms with E-state index in [-0.39, 0.29) is 5.92 Å². The Balaban J connectivity index is 0.939. The average Bonchev–Trinajstić information content (AvgIpc) is 3.80. The Morgan fingerprint density at radius 2 is 1.87 bits per heavy atom. The molecule has 2 N–H and O–H groups in total. The highest BCUT2D eigenvalue weighted by molar-refractivity contribution is 6.32. The van der Waals surface area contributed by atoms with Gasteiger partial charge in [0.15, 0.2) is 5.82 Å². The van der Waals surface area contributed by atoms with Gasteiger partial charge in [0, 0.05) is 112 Å². The number of fused-ring (bicyclic) bond motifs is 2. The number of anilines is 5. The molecule has 11 heteroatoms. The Kier molecular flexibility index (Phi) is 11.6. The molecular weight excluding hydrogens is 704 g/mol. The summed E-state index contributed by atoms with van der Waals surface area (Å²) >= 11 is 6.64. The molecule has 3 aliphatic rings. The minimum absolute atomic E-state index is 0.185. The molecule has 3 aliphatic heterocycles. The smallest absolute Gasteiger partial charge is 0.227 e. The number of aryl methyl sites for hydroxylation is 1. The van der Waals surface area contributed by atoms with Gasteiger partial charge in [-0.1, -0.05) is 36.9 Å². The molecule has 2 unspecified atom stereocenters. The fraction of sp³-hybridized carbons (Fsp3) is 0.386. The van der Waals surface area contributed by atoms with Gasteiger partial charge in [-0.05, 0) is 86.1 Å². The van der Waals surface area contributed by atoms with Gasteiger partial charge in [0.2, 0.25) is 5.95 Å². The molecule has 0 radical (unpaired) electrons. The molecule has 0 spiro atoms. The molecule has 0 bridgehead atoms. The molecule has 0 saturated carbocycles. The van der Waals surface area contributed by atoms with Crippen LogP contribution in [0.4, 0.5) is 28.8 Å². The molecular formula is C44H55ClN10. The molecule has 10 nitrogen and oxygen atoms in total.